The van der Waals surface area contributed by atoms with Crippen LogP contribution in [0.3, 0.4) is 0 Å². The van der Waals surface area contributed by atoms with Crippen LogP contribution < -0.4 is 0 Å². The second-order valence-electron chi connectivity index (χ2n) is 9.66. The molecule has 1 heterocycles. The van der Waals surface area contributed by atoms with Gasteiger partial charge in [0.2, 0.25) is 0 Å². The van der Waals surface area contributed by atoms with Crippen molar-refractivity contribution in [3.8, 4) is 11.4 Å². The summed E-state index contributed by atoms with van der Waals surface area (Å²) in [7, 11) is -3.37. The lowest BCUT2D eigenvalue weighted by Gasteiger charge is -2.22. The SMILES string of the molecule is CCCCCCCCS(=O)(=O)c1ccc2nn(-c3cc(C)cc(C(C)(C)C)c3O)nc2c1. The van der Waals surface area contributed by atoms with E-state index in [1.165, 1.54) is 17.6 Å². The summed E-state index contributed by atoms with van der Waals surface area (Å²) in [5.74, 6) is 0.283. The van der Waals surface area contributed by atoms with Crippen molar-refractivity contribution in [3.63, 3.8) is 0 Å². The molecule has 0 aliphatic heterocycles. The Balaban J connectivity index is 1.87. The zero-order valence-electron chi connectivity index (χ0n) is 19.9. The highest BCUT2D eigenvalue weighted by molar-refractivity contribution is 7.91. The molecule has 32 heavy (non-hydrogen) atoms. The van der Waals surface area contributed by atoms with Gasteiger partial charge < -0.3 is 5.11 Å². The van der Waals surface area contributed by atoms with Crippen molar-refractivity contribution in [1.82, 2.24) is 15.0 Å². The van der Waals surface area contributed by atoms with E-state index in [1.54, 1.807) is 18.2 Å². The third-order valence-corrected chi connectivity index (χ3v) is 7.53. The third kappa shape index (κ3) is 5.49. The molecule has 0 amide bonds. The number of unbranched alkanes of at least 4 members (excludes halogenated alkanes) is 5. The van der Waals surface area contributed by atoms with Crippen molar-refractivity contribution in [2.24, 2.45) is 0 Å². The highest BCUT2D eigenvalue weighted by atomic mass is 32.2. The van der Waals surface area contributed by atoms with Crippen molar-refractivity contribution in [2.45, 2.75) is 83.5 Å². The molecule has 0 radical (unpaired) electrons. The van der Waals surface area contributed by atoms with Crippen LogP contribution in [-0.2, 0) is 15.3 Å². The molecule has 0 atom stereocenters. The monoisotopic (exact) mass is 457 g/mol. The van der Waals surface area contributed by atoms with Crippen molar-refractivity contribution in [1.29, 1.82) is 0 Å². The predicted molar refractivity (Wildman–Crippen MR) is 129 cm³/mol. The van der Waals surface area contributed by atoms with Gasteiger partial charge in [-0.3, -0.25) is 0 Å². The van der Waals surface area contributed by atoms with Crippen LogP contribution in [0, 0.1) is 6.92 Å². The van der Waals surface area contributed by atoms with E-state index in [4.69, 9.17) is 0 Å². The molecule has 0 saturated heterocycles. The molecule has 3 aromatic rings. The number of hydrogen-bond donors (Lipinski definition) is 1. The molecule has 174 valence electrons. The standard InChI is InChI=1S/C25H35N3O3S/c1-6-7-8-9-10-11-14-32(30,31)19-12-13-21-22(17-19)27-28(26-21)23-16-18(2)15-20(24(23)29)25(3,4)5/h12-13,15-17,29H,6-11,14H2,1-5H3. The largest absolute Gasteiger partial charge is 0.505 e. The van der Waals surface area contributed by atoms with Gasteiger partial charge in [-0.15, -0.1) is 15.0 Å². The fourth-order valence-corrected chi connectivity index (χ4v) is 5.26. The molecule has 3 rings (SSSR count). The summed E-state index contributed by atoms with van der Waals surface area (Å²) in [5.41, 5.74) is 3.13. The van der Waals surface area contributed by atoms with E-state index in [9.17, 15) is 13.5 Å². The van der Waals surface area contributed by atoms with Crippen LogP contribution in [0.5, 0.6) is 5.75 Å². The van der Waals surface area contributed by atoms with Crippen LogP contribution in [0.4, 0.5) is 0 Å². The van der Waals surface area contributed by atoms with Gasteiger partial charge in [0.15, 0.2) is 9.84 Å². The quantitative estimate of drug-likeness (QED) is 0.406. The van der Waals surface area contributed by atoms with E-state index in [1.807, 2.05) is 39.8 Å². The second-order valence-corrected chi connectivity index (χ2v) is 11.8. The molecule has 0 fully saturated rings. The maximum atomic E-state index is 12.8. The molecule has 0 bridgehead atoms. The Kier molecular flexibility index (Phi) is 7.28. The molecule has 0 aliphatic carbocycles. The highest BCUT2D eigenvalue weighted by Gasteiger charge is 2.23. The first kappa shape index (κ1) is 24.2. The smallest absolute Gasteiger partial charge is 0.178 e. The fourth-order valence-electron chi connectivity index (χ4n) is 3.87. The molecular weight excluding hydrogens is 422 g/mol. The molecule has 2 aromatic carbocycles. The molecular formula is C25H35N3O3S. The number of aromatic hydroxyl groups is 1. The zero-order chi connectivity index (χ0) is 23.5. The van der Waals surface area contributed by atoms with Gasteiger partial charge in [0.05, 0.1) is 10.6 Å². The van der Waals surface area contributed by atoms with E-state index in [0.29, 0.717) is 23.1 Å². The van der Waals surface area contributed by atoms with Gasteiger partial charge >= 0.3 is 0 Å². The van der Waals surface area contributed by atoms with E-state index in [0.717, 1.165) is 30.4 Å². The van der Waals surface area contributed by atoms with Gasteiger partial charge in [0, 0.05) is 5.56 Å². The van der Waals surface area contributed by atoms with Crippen molar-refractivity contribution in [3.05, 3.63) is 41.5 Å². The van der Waals surface area contributed by atoms with Crippen molar-refractivity contribution < 1.29 is 13.5 Å². The first-order valence-corrected chi connectivity index (χ1v) is 13.1. The molecule has 7 heteroatoms. The Labute approximate surface area is 191 Å². The minimum atomic E-state index is -3.37. The number of sulfone groups is 1. The predicted octanol–water partition coefficient (Wildman–Crippen LogP) is 5.87. The summed E-state index contributed by atoms with van der Waals surface area (Å²) in [6.45, 7) is 10.3. The molecule has 6 nitrogen and oxygen atoms in total. The Hall–Kier alpha value is -2.41. The first-order valence-electron chi connectivity index (χ1n) is 11.5. The summed E-state index contributed by atoms with van der Waals surface area (Å²) in [6, 6.07) is 8.67. The van der Waals surface area contributed by atoms with Crippen LogP contribution >= 0.6 is 0 Å². The number of aryl methyl sites for hydroxylation is 1. The number of phenols is 1. The molecule has 1 N–H and O–H groups in total. The van der Waals surface area contributed by atoms with Gasteiger partial charge in [-0.1, -0.05) is 65.9 Å². The third-order valence-electron chi connectivity index (χ3n) is 5.74. The second kappa shape index (κ2) is 9.61. The maximum absolute atomic E-state index is 12.8. The van der Waals surface area contributed by atoms with E-state index in [-0.39, 0.29) is 21.8 Å². The van der Waals surface area contributed by atoms with Crippen LogP contribution in [0.1, 0.15) is 77.3 Å². The van der Waals surface area contributed by atoms with Crippen LogP contribution in [0.15, 0.2) is 35.2 Å². The number of benzene rings is 2. The Morgan fingerprint density at radius 2 is 1.59 bits per heavy atom. The van der Waals surface area contributed by atoms with Crippen molar-refractivity contribution >= 4 is 20.9 Å². The minimum absolute atomic E-state index is 0.138. The van der Waals surface area contributed by atoms with Gasteiger partial charge in [0.25, 0.3) is 0 Å². The van der Waals surface area contributed by atoms with Gasteiger partial charge in [-0.25, -0.2) is 8.42 Å². The van der Waals surface area contributed by atoms with Gasteiger partial charge in [-0.05, 0) is 48.6 Å². The lowest BCUT2D eigenvalue weighted by Crippen LogP contribution is -2.13. The summed E-state index contributed by atoms with van der Waals surface area (Å²) in [5, 5.41) is 19.9. The maximum Gasteiger partial charge on any atom is 0.178 e. The lowest BCUT2D eigenvalue weighted by atomic mass is 9.85. The Bertz CT molecular complexity index is 1190. The molecule has 0 aliphatic rings. The number of aromatic nitrogens is 3. The summed E-state index contributed by atoms with van der Waals surface area (Å²) < 4.78 is 25.6. The van der Waals surface area contributed by atoms with Crippen LogP contribution in [0.2, 0.25) is 0 Å². The summed E-state index contributed by atoms with van der Waals surface area (Å²) in [6.07, 6.45) is 6.22. The topological polar surface area (TPSA) is 85.1 Å². The van der Waals surface area contributed by atoms with E-state index < -0.39 is 9.84 Å². The van der Waals surface area contributed by atoms with E-state index >= 15 is 0 Å². The average molecular weight is 458 g/mol. The Morgan fingerprint density at radius 3 is 2.28 bits per heavy atom. The van der Waals surface area contributed by atoms with Crippen molar-refractivity contribution in [2.75, 3.05) is 5.75 Å². The Morgan fingerprint density at radius 1 is 0.938 bits per heavy atom. The number of fused-ring (bicyclic) bond motifs is 1. The lowest BCUT2D eigenvalue weighted by molar-refractivity contribution is 0.440. The van der Waals surface area contributed by atoms with E-state index in [2.05, 4.69) is 17.1 Å². The summed E-state index contributed by atoms with van der Waals surface area (Å²) in [4.78, 5) is 1.67. The normalized spacial score (nSPS) is 12.5. The number of hydrogen-bond acceptors (Lipinski definition) is 5. The number of phenolic OH excluding ortho intramolecular Hbond substituents is 1. The molecule has 0 spiro atoms. The highest BCUT2D eigenvalue weighted by Crippen LogP contribution is 2.36. The van der Waals surface area contributed by atoms with Crippen LogP contribution in [0.25, 0.3) is 16.7 Å². The fraction of sp³-hybridized carbons (Fsp3) is 0.520. The number of rotatable bonds is 9. The van der Waals surface area contributed by atoms with Gasteiger partial charge in [-0.2, -0.15) is 0 Å². The first-order chi connectivity index (χ1) is 15.0. The average Bonchev–Trinajstić information content (AvgIpc) is 3.14. The molecule has 1 aromatic heterocycles. The minimum Gasteiger partial charge on any atom is -0.505 e. The molecule has 0 saturated carbocycles. The number of nitrogens with zero attached hydrogens (tertiary/aromatic N) is 3. The zero-order valence-corrected chi connectivity index (χ0v) is 20.7. The van der Waals surface area contributed by atoms with Gasteiger partial charge in [0.1, 0.15) is 22.5 Å². The molecule has 0 unspecified atom stereocenters. The summed E-state index contributed by atoms with van der Waals surface area (Å²) >= 11 is 0. The van der Waals surface area contributed by atoms with Crippen LogP contribution in [-0.4, -0.2) is 34.3 Å².